The summed E-state index contributed by atoms with van der Waals surface area (Å²) in [5.74, 6) is -2.90. The molecule has 7 heteroatoms. The number of rotatable bonds is 4. The number of halogens is 3. The van der Waals surface area contributed by atoms with E-state index in [0.29, 0.717) is 17.8 Å². The van der Waals surface area contributed by atoms with Crippen LogP contribution in [-0.2, 0) is 11.3 Å². The fourth-order valence-corrected chi connectivity index (χ4v) is 2.80. The van der Waals surface area contributed by atoms with E-state index in [-0.39, 0.29) is 11.5 Å². The van der Waals surface area contributed by atoms with Crippen LogP contribution in [0, 0.1) is 0 Å². The van der Waals surface area contributed by atoms with E-state index in [4.69, 9.17) is 0 Å². The van der Waals surface area contributed by atoms with Gasteiger partial charge in [0.2, 0.25) is 5.91 Å². The van der Waals surface area contributed by atoms with Crippen LogP contribution in [0.25, 0.3) is 0 Å². The first kappa shape index (κ1) is 17.0. The van der Waals surface area contributed by atoms with Crippen LogP contribution in [-0.4, -0.2) is 18.0 Å². The normalized spacial score (nSPS) is 14.6. The Kier molecular flexibility index (Phi) is 4.48. The highest BCUT2D eigenvalue weighted by Gasteiger charge is 2.41. The van der Waals surface area contributed by atoms with E-state index in [1.807, 2.05) is 0 Å². The van der Waals surface area contributed by atoms with Gasteiger partial charge in [-0.05, 0) is 23.3 Å². The maximum absolute atomic E-state index is 13.3. The van der Waals surface area contributed by atoms with E-state index in [0.717, 1.165) is 5.56 Å². The van der Waals surface area contributed by atoms with Gasteiger partial charge in [-0.25, -0.2) is 0 Å². The van der Waals surface area contributed by atoms with Crippen molar-refractivity contribution < 1.29 is 22.8 Å². The van der Waals surface area contributed by atoms with E-state index < -0.39 is 24.4 Å². The summed E-state index contributed by atoms with van der Waals surface area (Å²) in [6, 6.07) is 12.0. The zero-order valence-corrected chi connectivity index (χ0v) is 13.1. The van der Waals surface area contributed by atoms with Crippen molar-refractivity contribution in [2.75, 3.05) is 5.32 Å². The number of anilines is 1. The van der Waals surface area contributed by atoms with Crippen molar-refractivity contribution >= 4 is 17.5 Å². The molecule has 0 aromatic heterocycles. The van der Waals surface area contributed by atoms with Crippen molar-refractivity contribution in [1.29, 1.82) is 0 Å². The Morgan fingerprint density at radius 3 is 2.56 bits per heavy atom. The van der Waals surface area contributed by atoms with Crippen molar-refractivity contribution in [2.24, 2.45) is 0 Å². The van der Waals surface area contributed by atoms with Crippen LogP contribution in [0.15, 0.2) is 48.5 Å². The fraction of sp³-hybridized carbons (Fsp3) is 0.222. The topological polar surface area (TPSA) is 58.2 Å². The lowest BCUT2D eigenvalue weighted by Gasteiger charge is -2.20. The molecule has 0 bridgehead atoms. The first-order chi connectivity index (χ1) is 11.8. The van der Waals surface area contributed by atoms with Crippen LogP contribution in [0.4, 0.5) is 18.9 Å². The Hall–Kier alpha value is -2.83. The van der Waals surface area contributed by atoms with E-state index in [2.05, 4.69) is 10.6 Å². The third kappa shape index (κ3) is 3.81. The van der Waals surface area contributed by atoms with Gasteiger partial charge in [0.25, 0.3) is 5.91 Å². The molecule has 130 valence electrons. The molecule has 1 aliphatic heterocycles. The monoisotopic (exact) mass is 348 g/mol. The van der Waals surface area contributed by atoms with E-state index in [9.17, 15) is 22.8 Å². The molecule has 0 aliphatic carbocycles. The number of alkyl halides is 3. The summed E-state index contributed by atoms with van der Waals surface area (Å²) in [6.07, 6.45) is -5.26. The third-order valence-electron chi connectivity index (χ3n) is 4.06. The summed E-state index contributed by atoms with van der Waals surface area (Å²) in [7, 11) is 0. The molecule has 4 nitrogen and oxygen atoms in total. The number of amides is 2. The van der Waals surface area contributed by atoms with Crippen LogP contribution < -0.4 is 10.6 Å². The van der Waals surface area contributed by atoms with Gasteiger partial charge < -0.3 is 10.6 Å². The molecule has 0 spiro atoms. The van der Waals surface area contributed by atoms with Crippen molar-refractivity contribution in [3.05, 3.63) is 65.2 Å². The van der Waals surface area contributed by atoms with Crippen LogP contribution in [0.2, 0.25) is 0 Å². The summed E-state index contributed by atoms with van der Waals surface area (Å²) in [5, 5.41) is 5.08. The predicted molar refractivity (Wildman–Crippen MR) is 86.1 cm³/mol. The number of benzene rings is 2. The van der Waals surface area contributed by atoms with Gasteiger partial charge in [0.05, 0.1) is 5.92 Å². The van der Waals surface area contributed by atoms with Gasteiger partial charge in [0.1, 0.15) is 0 Å². The number of nitrogens with one attached hydrogen (secondary N) is 2. The first-order valence-electron chi connectivity index (χ1n) is 7.67. The standard InChI is InChI=1S/C18H15F3N2O2/c19-18(20,21)15(11-4-2-1-3-5-11)9-16(24)23-13-7-6-12-10-22-17(25)14(12)8-13/h1-8,15H,9-10H2,(H,22,25)(H,23,24)/t15-/m1/s1. The van der Waals surface area contributed by atoms with Crippen molar-refractivity contribution in [3.8, 4) is 0 Å². The molecule has 2 aromatic rings. The molecule has 2 aromatic carbocycles. The summed E-state index contributed by atoms with van der Waals surface area (Å²) in [6.45, 7) is 0.409. The van der Waals surface area contributed by atoms with Crippen LogP contribution in [0.3, 0.4) is 0 Å². The van der Waals surface area contributed by atoms with Gasteiger partial charge in [0.15, 0.2) is 0 Å². The van der Waals surface area contributed by atoms with E-state index in [1.165, 1.54) is 30.3 Å². The minimum absolute atomic E-state index is 0.0403. The maximum Gasteiger partial charge on any atom is 0.396 e. The summed E-state index contributed by atoms with van der Waals surface area (Å²) < 4.78 is 39.9. The Morgan fingerprint density at radius 1 is 1.16 bits per heavy atom. The highest BCUT2D eigenvalue weighted by molar-refractivity contribution is 6.00. The fourth-order valence-electron chi connectivity index (χ4n) is 2.80. The number of fused-ring (bicyclic) bond motifs is 1. The second-order valence-corrected chi connectivity index (χ2v) is 5.81. The lowest BCUT2D eigenvalue weighted by molar-refractivity contribution is -0.155. The van der Waals surface area contributed by atoms with Gasteiger partial charge in [-0.3, -0.25) is 9.59 Å². The number of hydrogen-bond acceptors (Lipinski definition) is 2. The molecule has 2 N–H and O–H groups in total. The average molecular weight is 348 g/mol. The van der Waals surface area contributed by atoms with E-state index >= 15 is 0 Å². The lowest BCUT2D eigenvalue weighted by atomic mass is 9.94. The zero-order chi connectivity index (χ0) is 18.0. The summed E-state index contributed by atoms with van der Waals surface area (Å²) >= 11 is 0. The first-order valence-corrected chi connectivity index (χ1v) is 7.67. The molecular formula is C18H15F3N2O2. The van der Waals surface area contributed by atoms with E-state index in [1.54, 1.807) is 18.2 Å². The molecule has 25 heavy (non-hydrogen) atoms. The maximum atomic E-state index is 13.3. The second-order valence-electron chi connectivity index (χ2n) is 5.81. The molecule has 1 heterocycles. The molecule has 0 saturated heterocycles. The zero-order valence-electron chi connectivity index (χ0n) is 13.1. The Labute approximate surface area is 142 Å². The van der Waals surface area contributed by atoms with Crippen LogP contribution in [0.1, 0.15) is 33.8 Å². The highest BCUT2D eigenvalue weighted by atomic mass is 19.4. The number of hydrogen-bond donors (Lipinski definition) is 2. The predicted octanol–water partition coefficient (Wildman–Crippen LogP) is 3.60. The molecule has 0 fully saturated rings. The molecular weight excluding hydrogens is 333 g/mol. The Morgan fingerprint density at radius 2 is 1.88 bits per heavy atom. The molecule has 0 unspecified atom stereocenters. The third-order valence-corrected chi connectivity index (χ3v) is 4.06. The highest BCUT2D eigenvalue weighted by Crippen LogP contribution is 2.37. The van der Waals surface area contributed by atoms with Gasteiger partial charge in [0, 0.05) is 24.2 Å². The molecule has 3 rings (SSSR count). The van der Waals surface area contributed by atoms with Crippen molar-refractivity contribution in [3.63, 3.8) is 0 Å². The molecule has 1 aliphatic rings. The van der Waals surface area contributed by atoms with Crippen LogP contribution >= 0.6 is 0 Å². The average Bonchev–Trinajstić information content (AvgIpc) is 2.93. The molecule has 0 saturated carbocycles. The largest absolute Gasteiger partial charge is 0.396 e. The smallest absolute Gasteiger partial charge is 0.348 e. The second kappa shape index (κ2) is 6.58. The van der Waals surface area contributed by atoms with Crippen molar-refractivity contribution in [1.82, 2.24) is 5.32 Å². The summed E-state index contributed by atoms with van der Waals surface area (Å²) in [4.78, 5) is 23.7. The minimum atomic E-state index is -4.53. The lowest BCUT2D eigenvalue weighted by Crippen LogP contribution is -2.26. The number of carbonyl (C=O) groups is 2. The summed E-state index contributed by atoms with van der Waals surface area (Å²) in [5.41, 5.74) is 1.56. The SMILES string of the molecule is O=C(C[C@H](c1ccccc1)C(F)(F)F)Nc1ccc2c(c1)C(=O)NC2. The molecule has 1 atom stereocenters. The molecule has 2 amide bonds. The van der Waals surface area contributed by atoms with Crippen LogP contribution in [0.5, 0.6) is 0 Å². The number of carbonyl (C=O) groups excluding carboxylic acids is 2. The van der Waals surface area contributed by atoms with Gasteiger partial charge in [-0.15, -0.1) is 0 Å². The molecule has 0 radical (unpaired) electrons. The van der Waals surface area contributed by atoms with Gasteiger partial charge in [-0.1, -0.05) is 36.4 Å². The van der Waals surface area contributed by atoms with Gasteiger partial charge in [-0.2, -0.15) is 13.2 Å². The van der Waals surface area contributed by atoms with Crippen molar-refractivity contribution in [2.45, 2.75) is 25.1 Å². The van der Waals surface area contributed by atoms with Gasteiger partial charge >= 0.3 is 6.18 Å². The Bertz CT molecular complexity index is 804. The minimum Gasteiger partial charge on any atom is -0.348 e. The quantitative estimate of drug-likeness (QED) is 0.887. The Balaban J connectivity index is 1.75.